The Bertz CT molecular complexity index is 1730. The molecule has 3 aliphatic carbocycles. The molecule has 4 atom stereocenters. The predicted molar refractivity (Wildman–Crippen MR) is 158 cm³/mol. The summed E-state index contributed by atoms with van der Waals surface area (Å²) >= 11 is 0. The maximum absolute atomic E-state index is 14.1. The topological polar surface area (TPSA) is 220 Å². The molecule has 0 aliphatic heterocycles. The molecule has 1 aromatic heterocycles. The molecule has 1 aromatic carbocycles. The van der Waals surface area contributed by atoms with Gasteiger partial charge in [0.1, 0.15) is 28.5 Å². The second-order valence-electron chi connectivity index (χ2n) is 11.9. The number of nitrogens with one attached hydrogen (secondary N) is 1. The van der Waals surface area contributed by atoms with Gasteiger partial charge >= 0.3 is 0 Å². The highest BCUT2D eigenvalue weighted by atomic mass is 16.3. The summed E-state index contributed by atoms with van der Waals surface area (Å²) < 4.78 is 0. The number of aliphatic hydroxyl groups excluding tert-OH is 2. The van der Waals surface area contributed by atoms with Crippen LogP contribution in [-0.4, -0.2) is 98.5 Å². The van der Waals surface area contributed by atoms with Gasteiger partial charge in [0.2, 0.25) is 5.78 Å². The van der Waals surface area contributed by atoms with Gasteiger partial charge in [0.25, 0.3) is 11.8 Å². The number of carbonyl (C=O) groups excluding carboxylic acids is 4. The Morgan fingerprint density at radius 3 is 2.32 bits per heavy atom. The average molecular weight is 607 g/mol. The Hall–Kier alpha value is -4.82. The first-order chi connectivity index (χ1) is 20.5. The molecule has 14 heteroatoms. The highest BCUT2D eigenvalue weighted by molar-refractivity contribution is 6.24. The number of aromatic hydroxyl groups is 1. The summed E-state index contributed by atoms with van der Waals surface area (Å²) in [6.07, 6.45) is 1.36. The number of hydrogen-bond acceptors (Lipinski definition) is 12. The largest absolute Gasteiger partial charge is 0.508 e. The number of rotatable bonds is 5. The molecule has 0 bridgehead atoms. The van der Waals surface area contributed by atoms with Crippen molar-refractivity contribution in [1.82, 2.24) is 14.9 Å². The van der Waals surface area contributed by atoms with Crippen LogP contribution in [0.5, 0.6) is 5.75 Å². The zero-order valence-electron chi connectivity index (χ0n) is 25.1. The molecule has 7 N–H and O–H groups in total. The Balaban J connectivity index is 1.68. The summed E-state index contributed by atoms with van der Waals surface area (Å²) in [5, 5.41) is 48.4. The summed E-state index contributed by atoms with van der Waals surface area (Å²) in [4.78, 5) is 64.2. The number of primary amides is 1. The van der Waals surface area contributed by atoms with Gasteiger partial charge in [-0.1, -0.05) is 0 Å². The van der Waals surface area contributed by atoms with E-state index < -0.39 is 69.7 Å². The van der Waals surface area contributed by atoms with E-state index in [0.29, 0.717) is 22.6 Å². The summed E-state index contributed by atoms with van der Waals surface area (Å²) in [7, 11) is 6.53. The first-order valence-electron chi connectivity index (χ1n) is 13.8. The van der Waals surface area contributed by atoms with Gasteiger partial charge in [-0.2, -0.15) is 0 Å². The lowest BCUT2D eigenvalue weighted by molar-refractivity contribution is -0.153. The van der Waals surface area contributed by atoms with Crippen LogP contribution in [0.4, 0.5) is 11.4 Å². The van der Waals surface area contributed by atoms with Crippen LogP contribution >= 0.6 is 0 Å². The number of hydrogen-bond donors (Lipinski definition) is 6. The van der Waals surface area contributed by atoms with E-state index in [1.807, 2.05) is 0 Å². The maximum Gasteiger partial charge on any atom is 0.275 e. The average Bonchev–Trinajstić information content (AvgIpc) is 2.93. The minimum Gasteiger partial charge on any atom is -0.508 e. The number of nitrogens with zero attached hydrogens (tertiary/aromatic N) is 4. The van der Waals surface area contributed by atoms with E-state index in [-0.39, 0.29) is 35.4 Å². The molecule has 1 heterocycles. The molecule has 0 spiro atoms. The van der Waals surface area contributed by atoms with Gasteiger partial charge < -0.3 is 36.4 Å². The summed E-state index contributed by atoms with van der Waals surface area (Å²) in [6.45, 7) is 3.44. The molecule has 2 aromatic rings. The third kappa shape index (κ3) is 4.32. The van der Waals surface area contributed by atoms with Crippen molar-refractivity contribution < 1.29 is 39.6 Å². The molecular formula is C30H34N6O8. The molecule has 1 saturated carbocycles. The summed E-state index contributed by atoms with van der Waals surface area (Å²) in [6, 6.07) is 0.348. The van der Waals surface area contributed by atoms with E-state index in [9.17, 15) is 39.6 Å². The quantitative estimate of drug-likeness (QED) is 0.205. The molecule has 5 rings (SSSR count). The van der Waals surface area contributed by atoms with Gasteiger partial charge in [-0.3, -0.25) is 29.1 Å². The summed E-state index contributed by atoms with van der Waals surface area (Å²) in [5.41, 5.74) is 3.37. The second kappa shape index (κ2) is 10.4. The SMILES string of the molecule is Cc1ncc(C(=O)Nc2cc(N(C)C)c3c(c2O)C(O)=C2C(=O)C4(O)C(O)=C(C(N)=O)C(=O)C(N(C)C)C4CC2C3)nc1C. The third-order valence-electron chi connectivity index (χ3n) is 8.85. The van der Waals surface area contributed by atoms with Crippen LogP contribution in [0.15, 0.2) is 29.2 Å². The van der Waals surface area contributed by atoms with Crippen LogP contribution in [0.25, 0.3) is 5.76 Å². The molecule has 1 fully saturated rings. The molecule has 2 amide bonds. The Labute approximate surface area is 252 Å². The van der Waals surface area contributed by atoms with Gasteiger partial charge in [-0.15, -0.1) is 0 Å². The number of aryl methyl sites for hydroxylation is 2. The number of benzene rings is 1. The number of carbonyl (C=O) groups is 4. The predicted octanol–water partition coefficient (Wildman–Crippen LogP) is 0.689. The van der Waals surface area contributed by atoms with Gasteiger partial charge in [0.15, 0.2) is 11.4 Å². The monoisotopic (exact) mass is 606 g/mol. The Morgan fingerprint density at radius 2 is 1.75 bits per heavy atom. The van der Waals surface area contributed by atoms with Crippen LogP contribution in [0, 0.1) is 25.7 Å². The fraction of sp³-hybridized carbons (Fsp3) is 0.400. The number of phenolic OH excluding ortho intramolecular Hbond substituents is 1. The van der Waals surface area contributed by atoms with Crippen molar-refractivity contribution in [2.45, 2.75) is 38.3 Å². The first kappa shape index (κ1) is 30.6. The normalized spacial score (nSPS) is 24.6. The minimum absolute atomic E-state index is 0.00945. The third-order valence-corrected chi connectivity index (χ3v) is 8.85. The van der Waals surface area contributed by atoms with Crippen molar-refractivity contribution in [3.8, 4) is 5.75 Å². The van der Waals surface area contributed by atoms with Crippen LogP contribution in [0.2, 0.25) is 0 Å². The van der Waals surface area contributed by atoms with E-state index >= 15 is 0 Å². The molecule has 0 saturated heterocycles. The van der Waals surface area contributed by atoms with Crippen LogP contribution < -0.4 is 16.0 Å². The number of nitrogens with two attached hydrogens (primary N) is 1. The first-order valence-corrected chi connectivity index (χ1v) is 13.8. The number of phenols is 1. The minimum atomic E-state index is -2.75. The molecule has 4 unspecified atom stereocenters. The van der Waals surface area contributed by atoms with Crippen LogP contribution in [0.3, 0.4) is 0 Å². The number of aromatic nitrogens is 2. The highest BCUT2D eigenvalue weighted by Crippen LogP contribution is 2.54. The number of likely N-dealkylation sites (N-methyl/N-ethyl adjacent to an activating group) is 1. The zero-order valence-corrected chi connectivity index (χ0v) is 25.1. The molecule has 3 aliphatic rings. The number of anilines is 2. The Morgan fingerprint density at radius 1 is 1.09 bits per heavy atom. The second-order valence-corrected chi connectivity index (χ2v) is 11.9. The lowest BCUT2D eigenvalue weighted by Gasteiger charge is -2.50. The van der Waals surface area contributed by atoms with Gasteiger partial charge in [0, 0.05) is 31.3 Å². The van der Waals surface area contributed by atoms with E-state index in [1.165, 1.54) is 31.3 Å². The van der Waals surface area contributed by atoms with E-state index in [1.54, 1.807) is 32.8 Å². The van der Waals surface area contributed by atoms with Crippen molar-refractivity contribution in [2.75, 3.05) is 38.4 Å². The van der Waals surface area contributed by atoms with Crippen molar-refractivity contribution >= 4 is 40.5 Å². The standard InChI is InChI=1S/C30H34N6O8/c1-11-12(2)33-17(10-32-11)29(43)34-16-9-18(35(3)4)14-7-13-8-15-22(36(5)6)25(39)21(28(31)42)27(41)30(15,44)26(40)19(13)24(38)20(14)23(16)37/h9-10,13,15,22,37-38,41,44H,7-8H2,1-6H3,(H2,31,42)(H,34,43). The van der Waals surface area contributed by atoms with Crippen molar-refractivity contribution in [3.05, 3.63) is 57.4 Å². The van der Waals surface area contributed by atoms with Gasteiger partial charge in [-0.05, 0) is 58.3 Å². The lowest BCUT2D eigenvalue weighted by Crippen LogP contribution is -2.65. The number of aliphatic hydroxyl groups is 3. The number of amides is 2. The van der Waals surface area contributed by atoms with Crippen molar-refractivity contribution in [2.24, 2.45) is 17.6 Å². The number of Topliss-reactive ketones (excluding diaryl/α,β-unsaturated/α-hetero) is 2. The molecule has 232 valence electrons. The smallest absolute Gasteiger partial charge is 0.275 e. The molecule has 14 nitrogen and oxygen atoms in total. The van der Waals surface area contributed by atoms with Gasteiger partial charge in [-0.25, -0.2) is 4.98 Å². The van der Waals surface area contributed by atoms with Crippen LogP contribution in [-0.2, 0) is 20.8 Å². The van der Waals surface area contributed by atoms with E-state index in [4.69, 9.17) is 5.73 Å². The molecule has 44 heavy (non-hydrogen) atoms. The lowest BCUT2D eigenvalue weighted by atomic mass is 9.57. The zero-order chi connectivity index (χ0) is 32.6. The highest BCUT2D eigenvalue weighted by Gasteiger charge is 2.64. The number of fused-ring (bicyclic) bond motifs is 3. The van der Waals surface area contributed by atoms with E-state index in [0.717, 1.165) is 0 Å². The Kier molecular flexibility index (Phi) is 7.25. The molecular weight excluding hydrogens is 572 g/mol. The summed E-state index contributed by atoms with van der Waals surface area (Å²) in [5.74, 6) is -8.22. The fourth-order valence-electron chi connectivity index (χ4n) is 6.62. The van der Waals surface area contributed by atoms with Crippen molar-refractivity contribution in [3.63, 3.8) is 0 Å². The van der Waals surface area contributed by atoms with Gasteiger partial charge in [0.05, 0.1) is 34.9 Å². The molecule has 0 radical (unpaired) electrons. The fourth-order valence-corrected chi connectivity index (χ4v) is 6.62. The number of ketones is 2. The van der Waals surface area contributed by atoms with Crippen molar-refractivity contribution in [1.29, 1.82) is 0 Å². The maximum atomic E-state index is 14.1. The van der Waals surface area contributed by atoms with E-state index in [2.05, 4.69) is 15.3 Å². The van der Waals surface area contributed by atoms with Crippen LogP contribution in [0.1, 0.15) is 39.4 Å².